The van der Waals surface area contributed by atoms with E-state index in [-0.39, 0.29) is 0 Å². The van der Waals surface area contributed by atoms with Gasteiger partial charge < -0.3 is 4.74 Å². The Morgan fingerprint density at radius 1 is 0.758 bits per heavy atom. The van der Waals surface area contributed by atoms with Crippen molar-refractivity contribution in [3.05, 3.63) is 82.4 Å². The Morgan fingerprint density at radius 3 is 2.03 bits per heavy atom. The Balaban J connectivity index is 1.97. The summed E-state index contributed by atoms with van der Waals surface area (Å²) in [6.45, 7) is 1.79. The van der Waals surface area contributed by atoms with Crippen molar-refractivity contribution in [2.24, 2.45) is 15.0 Å². The molecule has 0 heterocycles. The van der Waals surface area contributed by atoms with Crippen molar-refractivity contribution < 1.29 is 19.1 Å². The molecule has 33 heavy (non-hydrogen) atoms. The van der Waals surface area contributed by atoms with E-state index >= 15 is 0 Å². The SMILES string of the molecule is Cc1cc(Cc2ccc(N=C=O)c(Cc3ccc(N=C=O)cc3)c2)c(N=C=O)cc1OC#N. The molecule has 0 bridgehead atoms. The number of nitriles is 1. The molecule has 0 aliphatic carbocycles. The minimum Gasteiger partial charge on any atom is -0.388 e. The molecule has 0 N–H and O–H groups in total. The summed E-state index contributed by atoms with van der Waals surface area (Å²) in [5.74, 6) is 0.314. The fourth-order valence-corrected chi connectivity index (χ4v) is 3.42. The maximum Gasteiger partial charge on any atom is 0.292 e. The molecule has 8 heteroatoms. The molecule has 0 aromatic heterocycles. The molecule has 0 amide bonds. The third kappa shape index (κ3) is 5.83. The third-order valence-corrected chi connectivity index (χ3v) is 4.91. The zero-order valence-corrected chi connectivity index (χ0v) is 17.5. The Bertz CT molecular complexity index is 1370. The van der Waals surface area contributed by atoms with Gasteiger partial charge in [0.25, 0.3) is 6.26 Å². The van der Waals surface area contributed by atoms with E-state index in [0.717, 1.165) is 27.8 Å². The van der Waals surface area contributed by atoms with Crippen molar-refractivity contribution in [2.45, 2.75) is 19.8 Å². The van der Waals surface area contributed by atoms with Gasteiger partial charge in [-0.25, -0.2) is 14.4 Å². The number of benzene rings is 3. The van der Waals surface area contributed by atoms with Crippen LogP contribution in [0.25, 0.3) is 0 Å². The van der Waals surface area contributed by atoms with Crippen molar-refractivity contribution >= 4 is 35.3 Å². The zero-order valence-electron chi connectivity index (χ0n) is 17.5. The van der Waals surface area contributed by atoms with Gasteiger partial charge in [-0.15, -0.1) is 5.26 Å². The largest absolute Gasteiger partial charge is 0.388 e. The first-order chi connectivity index (χ1) is 16.1. The van der Waals surface area contributed by atoms with Crippen molar-refractivity contribution in [1.82, 2.24) is 0 Å². The highest BCUT2D eigenvalue weighted by Crippen LogP contribution is 2.32. The van der Waals surface area contributed by atoms with E-state index < -0.39 is 0 Å². The van der Waals surface area contributed by atoms with Crippen molar-refractivity contribution in [3.8, 4) is 12.0 Å². The number of ether oxygens (including phenoxy) is 1. The summed E-state index contributed by atoms with van der Waals surface area (Å²) in [6, 6.07) is 15.8. The number of isocyanates is 3. The monoisotopic (exact) mass is 436 g/mol. The normalized spacial score (nSPS) is 9.58. The van der Waals surface area contributed by atoms with Gasteiger partial charge in [0.15, 0.2) is 0 Å². The van der Waals surface area contributed by atoms with Gasteiger partial charge in [0.05, 0.1) is 17.1 Å². The summed E-state index contributed by atoms with van der Waals surface area (Å²) in [4.78, 5) is 43.3. The van der Waals surface area contributed by atoms with Crippen LogP contribution < -0.4 is 4.74 Å². The molecule has 3 aromatic carbocycles. The molecule has 3 rings (SSSR count). The van der Waals surface area contributed by atoms with E-state index in [9.17, 15) is 14.4 Å². The summed E-state index contributed by atoms with van der Waals surface area (Å²) >= 11 is 0. The minimum absolute atomic E-state index is 0.314. The lowest BCUT2D eigenvalue weighted by Crippen LogP contribution is -1.96. The molecule has 0 aliphatic rings. The first-order valence-electron chi connectivity index (χ1n) is 9.71. The lowest BCUT2D eigenvalue weighted by Gasteiger charge is -2.12. The number of carbonyl (C=O) groups excluding carboxylic acids is 3. The second-order valence-corrected chi connectivity index (χ2v) is 7.03. The van der Waals surface area contributed by atoms with Gasteiger partial charge in [0.1, 0.15) is 5.75 Å². The van der Waals surface area contributed by atoms with Crippen LogP contribution in [0.5, 0.6) is 5.75 Å². The molecule has 0 saturated carbocycles. The quantitative estimate of drug-likeness (QED) is 0.281. The van der Waals surface area contributed by atoms with Crippen LogP contribution in [0.2, 0.25) is 0 Å². The highest BCUT2D eigenvalue weighted by Gasteiger charge is 2.12. The molecule has 0 fully saturated rings. The predicted octanol–water partition coefficient (Wildman–Crippen LogP) is 4.94. The number of hydrogen-bond donors (Lipinski definition) is 0. The van der Waals surface area contributed by atoms with Gasteiger partial charge in [-0.1, -0.05) is 24.3 Å². The number of aryl methyl sites for hydroxylation is 1. The maximum absolute atomic E-state index is 10.9. The van der Waals surface area contributed by atoms with E-state index in [1.165, 1.54) is 18.2 Å². The topological polar surface area (TPSA) is 121 Å². The van der Waals surface area contributed by atoms with E-state index in [1.54, 1.807) is 43.5 Å². The van der Waals surface area contributed by atoms with Gasteiger partial charge in [-0.05, 0) is 71.8 Å². The van der Waals surface area contributed by atoms with Gasteiger partial charge in [-0.3, -0.25) is 0 Å². The molecule has 0 radical (unpaired) electrons. The summed E-state index contributed by atoms with van der Waals surface area (Å²) < 4.78 is 4.92. The van der Waals surface area contributed by atoms with Crippen LogP contribution in [-0.2, 0) is 27.2 Å². The number of rotatable bonds is 8. The van der Waals surface area contributed by atoms with E-state index in [1.807, 2.05) is 24.3 Å². The van der Waals surface area contributed by atoms with E-state index in [2.05, 4.69) is 15.0 Å². The second-order valence-electron chi connectivity index (χ2n) is 7.03. The average Bonchev–Trinajstić information content (AvgIpc) is 2.80. The van der Waals surface area contributed by atoms with Crippen LogP contribution in [0.4, 0.5) is 17.1 Å². The van der Waals surface area contributed by atoms with Crippen LogP contribution in [-0.4, -0.2) is 18.2 Å². The van der Waals surface area contributed by atoms with Crippen LogP contribution in [0.1, 0.15) is 27.8 Å². The molecule has 0 unspecified atom stereocenters. The summed E-state index contributed by atoms with van der Waals surface area (Å²) in [7, 11) is 0. The lowest BCUT2D eigenvalue weighted by atomic mass is 9.96. The molecule has 0 aliphatic heterocycles. The zero-order chi connectivity index (χ0) is 23.6. The molecule has 0 saturated heterocycles. The summed E-state index contributed by atoms with van der Waals surface area (Å²) in [6.07, 6.45) is 7.13. The van der Waals surface area contributed by atoms with Gasteiger partial charge >= 0.3 is 0 Å². The first-order valence-corrected chi connectivity index (χ1v) is 9.71. The third-order valence-electron chi connectivity index (χ3n) is 4.91. The Labute approximate surface area is 189 Å². The fourth-order valence-electron chi connectivity index (χ4n) is 3.42. The fraction of sp³-hybridized carbons (Fsp3) is 0.120. The molecular formula is C25H16N4O4. The molecule has 8 nitrogen and oxygen atoms in total. The van der Waals surface area contributed by atoms with Gasteiger partial charge in [0.2, 0.25) is 18.2 Å². The number of hydrogen-bond acceptors (Lipinski definition) is 8. The lowest BCUT2D eigenvalue weighted by molar-refractivity contribution is 0.503. The van der Waals surface area contributed by atoms with Crippen molar-refractivity contribution in [3.63, 3.8) is 0 Å². The summed E-state index contributed by atoms with van der Waals surface area (Å²) in [5.41, 5.74) is 5.42. The van der Waals surface area contributed by atoms with Crippen molar-refractivity contribution in [2.75, 3.05) is 0 Å². The molecule has 160 valence electrons. The van der Waals surface area contributed by atoms with Crippen LogP contribution >= 0.6 is 0 Å². The Morgan fingerprint density at radius 2 is 1.36 bits per heavy atom. The molecular weight excluding hydrogens is 420 g/mol. The highest BCUT2D eigenvalue weighted by molar-refractivity contribution is 5.61. The molecule has 3 aromatic rings. The smallest absolute Gasteiger partial charge is 0.292 e. The van der Waals surface area contributed by atoms with Gasteiger partial charge in [0, 0.05) is 6.07 Å². The van der Waals surface area contributed by atoms with E-state index in [4.69, 9.17) is 10.00 Å². The van der Waals surface area contributed by atoms with Crippen LogP contribution in [0.15, 0.2) is 69.6 Å². The second kappa shape index (κ2) is 10.9. The number of nitrogens with zero attached hydrogens (tertiary/aromatic N) is 4. The Kier molecular flexibility index (Phi) is 7.54. The average molecular weight is 436 g/mol. The summed E-state index contributed by atoms with van der Waals surface area (Å²) in [5, 5.41) is 8.79. The minimum atomic E-state index is 0.314. The predicted molar refractivity (Wildman–Crippen MR) is 119 cm³/mol. The molecule has 0 atom stereocenters. The molecule has 0 spiro atoms. The van der Waals surface area contributed by atoms with Gasteiger partial charge in [-0.2, -0.15) is 15.0 Å². The van der Waals surface area contributed by atoms with Crippen LogP contribution in [0.3, 0.4) is 0 Å². The number of aliphatic imine (C=N–C) groups is 3. The maximum atomic E-state index is 10.9. The standard InChI is InChI=1S/C25H16N4O4/c1-17-8-20(24(29-16-32)12-25(17)33-13-26)10-19-4-7-23(28-15-31)21(11-19)9-18-2-5-22(6-3-18)27-14-30/h2-8,11-12H,9-10H2,1H3. The van der Waals surface area contributed by atoms with E-state index in [0.29, 0.717) is 35.7 Å². The highest BCUT2D eigenvalue weighted by atomic mass is 16.5. The van der Waals surface area contributed by atoms with Crippen LogP contribution in [0, 0.1) is 18.4 Å². The van der Waals surface area contributed by atoms with Crippen molar-refractivity contribution in [1.29, 1.82) is 5.26 Å². The Hall–Kier alpha value is -4.91. The first kappa shape index (κ1) is 22.8.